The molecule has 2 nitrogen and oxygen atoms in total. The minimum atomic E-state index is 0.695. The first-order valence-corrected chi connectivity index (χ1v) is 8.18. The van der Waals surface area contributed by atoms with Crippen molar-refractivity contribution in [2.75, 3.05) is 26.2 Å². The zero-order chi connectivity index (χ0) is 13.2. The van der Waals surface area contributed by atoms with Crippen molar-refractivity contribution in [1.29, 1.82) is 0 Å². The summed E-state index contributed by atoms with van der Waals surface area (Å²) in [4.78, 5) is 2.65. The molecule has 1 N–H and O–H groups in total. The molecule has 0 aromatic carbocycles. The summed E-state index contributed by atoms with van der Waals surface area (Å²) in [6, 6.07) is 0.695. The lowest BCUT2D eigenvalue weighted by molar-refractivity contribution is 0.197. The van der Waals surface area contributed by atoms with E-state index in [1.54, 1.807) is 0 Å². The molecule has 18 heavy (non-hydrogen) atoms. The Morgan fingerprint density at radius 3 is 2.44 bits per heavy atom. The van der Waals surface area contributed by atoms with Gasteiger partial charge in [0.2, 0.25) is 0 Å². The first-order chi connectivity index (χ1) is 8.72. The highest BCUT2D eigenvalue weighted by Crippen LogP contribution is 2.11. The topological polar surface area (TPSA) is 15.3 Å². The minimum Gasteiger partial charge on any atom is -0.314 e. The smallest absolute Gasteiger partial charge is 0.00388 e. The third-order valence-corrected chi connectivity index (χ3v) is 4.07. The molecule has 108 valence electrons. The molecule has 0 aromatic rings. The summed E-state index contributed by atoms with van der Waals surface area (Å²) in [7, 11) is 0. The maximum Gasteiger partial charge on any atom is 0.00388 e. The standard InChI is InChI=1S/C16H34N2/c1-4-5-7-10-16(3)17-13-15(2)14-18-11-8-6-9-12-18/h15-17H,4-14H2,1-3H3. The number of nitrogens with one attached hydrogen (secondary N) is 1. The molecular weight excluding hydrogens is 220 g/mol. The van der Waals surface area contributed by atoms with Gasteiger partial charge in [0.25, 0.3) is 0 Å². The molecule has 1 aliphatic heterocycles. The predicted molar refractivity (Wildman–Crippen MR) is 81.1 cm³/mol. The van der Waals surface area contributed by atoms with E-state index in [2.05, 4.69) is 31.0 Å². The van der Waals surface area contributed by atoms with Gasteiger partial charge in [-0.1, -0.05) is 39.5 Å². The summed E-state index contributed by atoms with van der Waals surface area (Å²) >= 11 is 0. The highest BCUT2D eigenvalue weighted by Gasteiger charge is 2.13. The van der Waals surface area contributed by atoms with Gasteiger partial charge >= 0.3 is 0 Å². The van der Waals surface area contributed by atoms with E-state index in [4.69, 9.17) is 0 Å². The molecule has 0 bridgehead atoms. The fraction of sp³-hybridized carbons (Fsp3) is 1.00. The van der Waals surface area contributed by atoms with Crippen molar-refractivity contribution in [2.45, 2.75) is 71.8 Å². The van der Waals surface area contributed by atoms with Crippen LogP contribution in [0.1, 0.15) is 65.7 Å². The van der Waals surface area contributed by atoms with Gasteiger partial charge in [-0.25, -0.2) is 0 Å². The highest BCUT2D eigenvalue weighted by atomic mass is 15.1. The number of hydrogen-bond acceptors (Lipinski definition) is 2. The SMILES string of the molecule is CCCCCC(C)NCC(C)CN1CCCCC1. The molecule has 1 fully saturated rings. The van der Waals surface area contributed by atoms with Crippen LogP contribution in [0.5, 0.6) is 0 Å². The van der Waals surface area contributed by atoms with Crippen molar-refractivity contribution in [3.05, 3.63) is 0 Å². The fourth-order valence-corrected chi connectivity index (χ4v) is 2.85. The Balaban J connectivity index is 2.02. The molecule has 0 aliphatic carbocycles. The van der Waals surface area contributed by atoms with E-state index in [0.29, 0.717) is 6.04 Å². The molecule has 0 aromatic heterocycles. The summed E-state index contributed by atoms with van der Waals surface area (Å²) in [6.45, 7) is 12.1. The lowest BCUT2D eigenvalue weighted by Gasteiger charge is -2.29. The number of hydrogen-bond donors (Lipinski definition) is 1. The monoisotopic (exact) mass is 254 g/mol. The Labute approximate surface area is 115 Å². The molecule has 1 saturated heterocycles. The molecule has 1 heterocycles. The minimum absolute atomic E-state index is 0.695. The third-order valence-electron chi connectivity index (χ3n) is 4.07. The maximum atomic E-state index is 3.70. The number of likely N-dealkylation sites (tertiary alicyclic amines) is 1. The van der Waals surface area contributed by atoms with Crippen LogP contribution in [0, 0.1) is 5.92 Å². The van der Waals surface area contributed by atoms with Crippen LogP contribution < -0.4 is 5.32 Å². The van der Waals surface area contributed by atoms with Crippen LogP contribution in [0.4, 0.5) is 0 Å². The highest BCUT2D eigenvalue weighted by molar-refractivity contribution is 4.70. The summed E-state index contributed by atoms with van der Waals surface area (Å²) in [5, 5.41) is 3.70. The van der Waals surface area contributed by atoms with E-state index >= 15 is 0 Å². The average molecular weight is 254 g/mol. The fourth-order valence-electron chi connectivity index (χ4n) is 2.85. The van der Waals surface area contributed by atoms with Crippen LogP contribution in [0.25, 0.3) is 0 Å². The van der Waals surface area contributed by atoms with Crippen LogP contribution in [-0.4, -0.2) is 37.1 Å². The van der Waals surface area contributed by atoms with Gasteiger partial charge in [0, 0.05) is 12.6 Å². The zero-order valence-corrected chi connectivity index (χ0v) is 12.9. The van der Waals surface area contributed by atoms with Gasteiger partial charge in [-0.2, -0.15) is 0 Å². The lowest BCUT2D eigenvalue weighted by Crippen LogP contribution is -2.38. The van der Waals surface area contributed by atoms with E-state index in [1.807, 2.05) is 0 Å². The Kier molecular flexibility index (Phi) is 8.70. The van der Waals surface area contributed by atoms with E-state index in [0.717, 1.165) is 5.92 Å². The van der Waals surface area contributed by atoms with E-state index in [-0.39, 0.29) is 0 Å². The number of nitrogens with zero attached hydrogens (tertiary/aromatic N) is 1. The molecular formula is C16H34N2. The quantitative estimate of drug-likeness (QED) is 0.632. The van der Waals surface area contributed by atoms with Crippen molar-refractivity contribution in [1.82, 2.24) is 10.2 Å². The first-order valence-electron chi connectivity index (χ1n) is 8.18. The normalized spacial score (nSPS) is 20.8. The first kappa shape index (κ1) is 16.0. The van der Waals surface area contributed by atoms with Gasteiger partial charge in [0.15, 0.2) is 0 Å². The summed E-state index contributed by atoms with van der Waals surface area (Å²) in [5.74, 6) is 0.789. The molecule has 0 amide bonds. The van der Waals surface area contributed by atoms with Gasteiger partial charge in [-0.05, 0) is 51.7 Å². The Bertz CT molecular complexity index is 188. The summed E-state index contributed by atoms with van der Waals surface area (Å²) < 4.78 is 0. The van der Waals surface area contributed by atoms with Crippen molar-refractivity contribution in [2.24, 2.45) is 5.92 Å². The second-order valence-corrected chi connectivity index (χ2v) is 6.27. The van der Waals surface area contributed by atoms with Crippen molar-refractivity contribution >= 4 is 0 Å². The second kappa shape index (κ2) is 9.80. The second-order valence-electron chi connectivity index (χ2n) is 6.27. The molecule has 2 atom stereocenters. The molecule has 2 unspecified atom stereocenters. The molecule has 0 saturated carbocycles. The van der Waals surface area contributed by atoms with Crippen LogP contribution in [0.15, 0.2) is 0 Å². The number of piperidine rings is 1. The molecule has 1 rings (SSSR count). The Morgan fingerprint density at radius 2 is 1.78 bits per heavy atom. The lowest BCUT2D eigenvalue weighted by atomic mass is 10.1. The summed E-state index contributed by atoms with van der Waals surface area (Å²) in [5.41, 5.74) is 0. The summed E-state index contributed by atoms with van der Waals surface area (Å²) in [6.07, 6.45) is 9.70. The van der Waals surface area contributed by atoms with Gasteiger partial charge in [0.1, 0.15) is 0 Å². The van der Waals surface area contributed by atoms with E-state index in [9.17, 15) is 0 Å². The Morgan fingerprint density at radius 1 is 1.06 bits per heavy atom. The van der Waals surface area contributed by atoms with E-state index < -0.39 is 0 Å². The van der Waals surface area contributed by atoms with Crippen molar-refractivity contribution in [3.8, 4) is 0 Å². The third kappa shape index (κ3) is 7.38. The van der Waals surface area contributed by atoms with Crippen LogP contribution in [0.2, 0.25) is 0 Å². The van der Waals surface area contributed by atoms with Gasteiger partial charge in [-0.15, -0.1) is 0 Å². The molecule has 0 radical (unpaired) electrons. The van der Waals surface area contributed by atoms with Crippen molar-refractivity contribution in [3.63, 3.8) is 0 Å². The van der Waals surface area contributed by atoms with E-state index in [1.165, 1.54) is 71.1 Å². The van der Waals surface area contributed by atoms with Crippen LogP contribution in [0.3, 0.4) is 0 Å². The van der Waals surface area contributed by atoms with Crippen LogP contribution in [-0.2, 0) is 0 Å². The van der Waals surface area contributed by atoms with Crippen LogP contribution >= 0.6 is 0 Å². The molecule has 0 spiro atoms. The predicted octanol–water partition coefficient (Wildman–Crippen LogP) is 3.67. The number of rotatable bonds is 9. The molecule has 2 heteroatoms. The van der Waals surface area contributed by atoms with Gasteiger partial charge in [-0.3, -0.25) is 0 Å². The number of unbranched alkanes of at least 4 members (excludes halogenated alkanes) is 2. The molecule has 1 aliphatic rings. The Hall–Kier alpha value is -0.0800. The average Bonchev–Trinajstić information content (AvgIpc) is 2.38. The van der Waals surface area contributed by atoms with Gasteiger partial charge < -0.3 is 10.2 Å². The largest absolute Gasteiger partial charge is 0.314 e. The van der Waals surface area contributed by atoms with Crippen molar-refractivity contribution < 1.29 is 0 Å². The zero-order valence-electron chi connectivity index (χ0n) is 12.9. The van der Waals surface area contributed by atoms with Gasteiger partial charge in [0.05, 0.1) is 0 Å². The maximum absolute atomic E-state index is 3.70.